The average Bonchev–Trinajstić information content (AvgIpc) is 3.02. The third kappa shape index (κ3) is 2.96. The minimum atomic E-state index is -1.03. The van der Waals surface area contributed by atoms with E-state index in [1.165, 1.54) is 36.0 Å². The Hall–Kier alpha value is -2.74. The molecule has 0 saturated heterocycles. The molecule has 3 rings (SSSR count). The second-order valence-electron chi connectivity index (χ2n) is 4.21. The standard InChI is InChI=1S/C14H8F2N4OS/c15-9-2-1-8(5-10(9)16)19-13(21)12-7-22-14(20-12)11-6-17-3-4-18-11/h1-7H,(H,19,21). The van der Waals surface area contributed by atoms with Crippen molar-refractivity contribution in [3.63, 3.8) is 0 Å². The highest BCUT2D eigenvalue weighted by Gasteiger charge is 2.13. The van der Waals surface area contributed by atoms with Crippen LogP contribution in [0.4, 0.5) is 14.5 Å². The fraction of sp³-hybridized carbons (Fsp3) is 0. The number of nitrogens with zero attached hydrogens (tertiary/aromatic N) is 3. The molecule has 22 heavy (non-hydrogen) atoms. The number of amides is 1. The molecule has 110 valence electrons. The summed E-state index contributed by atoms with van der Waals surface area (Å²) < 4.78 is 25.9. The molecule has 0 aliphatic carbocycles. The highest BCUT2D eigenvalue weighted by molar-refractivity contribution is 7.13. The van der Waals surface area contributed by atoms with Gasteiger partial charge in [-0.25, -0.2) is 13.8 Å². The first-order chi connectivity index (χ1) is 10.6. The van der Waals surface area contributed by atoms with E-state index in [-0.39, 0.29) is 11.4 Å². The Kier molecular flexibility index (Phi) is 3.84. The molecule has 0 spiro atoms. The van der Waals surface area contributed by atoms with Crippen molar-refractivity contribution in [2.75, 3.05) is 5.32 Å². The summed E-state index contributed by atoms with van der Waals surface area (Å²) in [7, 11) is 0. The number of hydrogen-bond donors (Lipinski definition) is 1. The van der Waals surface area contributed by atoms with Gasteiger partial charge in [-0.15, -0.1) is 11.3 Å². The maximum absolute atomic E-state index is 13.1. The van der Waals surface area contributed by atoms with E-state index in [1.807, 2.05) is 0 Å². The van der Waals surface area contributed by atoms with Gasteiger partial charge in [0, 0.05) is 29.5 Å². The van der Waals surface area contributed by atoms with E-state index >= 15 is 0 Å². The summed E-state index contributed by atoms with van der Waals surface area (Å²) in [5, 5.41) is 4.55. The van der Waals surface area contributed by atoms with Gasteiger partial charge >= 0.3 is 0 Å². The Morgan fingerprint density at radius 2 is 2.05 bits per heavy atom. The Labute approximate surface area is 127 Å². The van der Waals surface area contributed by atoms with Crippen molar-refractivity contribution in [3.05, 3.63) is 59.5 Å². The normalized spacial score (nSPS) is 10.5. The molecule has 5 nitrogen and oxygen atoms in total. The van der Waals surface area contributed by atoms with Gasteiger partial charge in [-0.3, -0.25) is 14.8 Å². The number of nitrogens with one attached hydrogen (secondary N) is 1. The van der Waals surface area contributed by atoms with E-state index < -0.39 is 17.5 Å². The van der Waals surface area contributed by atoms with Gasteiger partial charge in [0.25, 0.3) is 5.91 Å². The maximum Gasteiger partial charge on any atom is 0.275 e. The fourth-order valence-corrected chi connectivity index (χ4v) is 2.43. The Bertz CT molecular complexity index is 823. The molecule has 0 atom stereocenters. The van der Waals surface area contributed by atoms with E-state index in [0.29, 0.717) is 10.7 Å². The van der Waals surface area contributed by atoms with Gasteiger partial charge in [-0.2, -0.15) is 0 Å². The number of carbonyl (C=O) groups excluding carboxylic acids is 1. The minimum absolute atomic E-state index is 0.151. The summed E-state index contributed by atoms with van der Waals surface area (Å²) in [4.78, 5) is 24.2. The third-order valence-electron chi connectivity index (χ3n) is 2.70. The minimum Gasteiger partial charge on any atom is -0.321 e. The molecule has 0 saturated carbocycles. The molecular formula is C14H8F2N4OS. The van der Waals surface area contributed by atoms with Gasteiger partial charge in [0.15, 0.2) is 11.6 Å². The van der Waals surface area contributed by atoms with Crippen molar-refractivity contribution >= 4 is 22.9 Å². The average molecular weight is 318 g/mol. The molecule has 0 bridgehead atoms. The van der Waals surface area contributed by atoms with Gasteiger partial charge in [0.2, 0.25) is 0 Å². The molecule has 0 radical (unpaired) electrons. The number of benzene rings is 1. The van der Waals surface area contributed by atoms with Crippen molar-refractivity contribution < 1.29 is 13.6 Å². The van der Waals surface area contributed by atoms with Crippen LogP contribution in [-0.2, 0) is 0 Å². The lowest BCUT2D eigenvalue weighted by Crippen LogP contribution is -2.12. The summed E-state index contributed by atoms with van der Waals surface area (Å²) in [6.07, 6.45) is 4.60. The lowest BCUT2D eigenvalue weighted by atomic mass is 10.3. The number of carbonyl (C=O) groups is 1. The van der Waals surface area contributed by atoms with Crippen molar-refractivity contribution in [2.45, 2.75) is 0 Å². The smallest absolute Gasteiger partial charge is 0.275 e. The monoisotopic (exact) mass is 318 g/mol. The lowest BCUT2D eigenvalue weighted by Gasteiger charge is -2.03. The van der Waals surface area contributed by atoms with Crippen LogP contribution in [0, 0.1) is 11.6 Å². The summed E-state index contributed by atoms with van der Waals surface area (Å²) in [6, 6.07) is 3.12. The van der Waals surface area contributed by atoms with Crippen LogP contribution in [0.15, 0.2) is 42.2 Å². The fourth-order valence-electron chi connectivity index (χ4n) is 1.67. The molecule has 1 amide bonds. The SMILES string of the molecule is O=C(Nc1ccc(F)c(F)c1)c1csc(-c2cnccn2)n1. The molecular weight excluding hydrogens is 310 g/mol. The second kappa shape index (κ2) is 5.94. The van der Waals surface area contributed by atoms with Crippen molar-refractivity contribution in [1.82, 2.24) is 15.0 Å². The molecule has 8 heteroatoms. The quantitative estimate of drug-likeness (QED) is 0.805. The van der Waals surface area contributed by atoms with Crippen LogP contribution < -0.4 is 5.32 Å². The summed E-state index contributed by atoms with van der Waals surface area (Å²) >= 11 is 1.24. The van der Waals surface area contributed by atoms with E-state index in [1.54, 1.807) is 5.38 Å². The Morgan fingerprint density at radius 3 is 2.77 bits per heavy atom. The zero-order chi connectivity index (χ0) is 15.5. The number of halogens is 2. The van der Waals surface area contributed by atoms with Crippen LogP contribution in [0.5, 0.6) is 0 Å². The molecule has 0 fully saturated rings. The van der Waals surface area contributed by atoms with Gasteiger partial charge in [0.05, 0.1) is 6.20 Å². The van der Waals surface area contributed by atoms with Crippen LogP contribution >= 0.6 is 11.3 Å². The first-order valence-electron chi connectivity index (χ1n) is 6.12. The van der Waals surface area contributed by atoms with Crippen molar-refractivity contribution in [3.8, 4) is 10.7 Å². The summed E-state index contributed by atoms with van der Waals surface area (Å²) in [6.45, 7) is 0. The molecule has 3 aromatic rings. The molecule has 0 aliphatic heterocycles. The van der Waals surface area contributed by atoms with Crippen LogP contribution in [0.3, 0.4) is 0 Å². The maximum atomic E-state index is 13.1. The van der Waals surface area contributed by atoms with E-state index in [0.717, 1.165) is 12.1 Å². The molecule has 0 unspecified atom stereocenters. The lowest BCUT2D eigenvalue weighted by molar-refractivity contribution is 0.102. The molecule has 2 aromatic heterocycles. The van der Waals surface area contributed by atoms with E-state index in [4.69, 9.17) is 0 Å². The van der Waals surface area contributed by atoms with Crippen LogP contribution in [0.25, 0.3) is 10.7 Å². The van der Waals surface area contributed by atoms with Gasteiger partial charge < -0.3 is 5.32 Å². The number of anilines is 1. The first kappa shape index (κ1) is 14.2. The van der Waals surface area contributed by atoms with Crippen LogP contribution in [0.2, 0.25) is 0 Å². The first-order valence-corrected chi connectivity index (χ1v) is 7.00. The third-order valence-corrected chi connectivity index (χ3v) is 3.56. The number of hydrogen-bond acceptors (Lipinski definition) is 5. The summed E-state index contributed by atoms with van der Waals surface area (Å²) in [5.41, 5.74) is 0.868. The van der Waals surface area contributed by atoms with Crippen molar-refractivity contribution in [2.24, 2.45) is 0 Å². The Morgan fingerprint density at radius 1 is 1.18 bits per heavy atom. The van der Waals surface area contributed by atoms with E-state index in [2.05, 4.69) is 20.3 Å². The zero-order valence-corrected chi connectivity index (χ0v) is 11.8. The van der Waals surface area contributed by atoms with Crippen molar-refractivity contribution in [1.29, 1.82) is 0 Å². The second-order valence-corrected chi connectivity index (χ2v) is 5.07. The summed E-state index contributed by atoms with van der Waals surface area (Å²) in [5.74, 6) is -2.52. The largest absolute Gasteiger partial charge is 0.321 e. The predicted molar refractivity (Wildman–Crippen MR) is 77.5 cm³/mol. The predicted octanol–water partition coefficient (Wildman–Crippen LogP) is 3.13. The van der Waals surface area contributed by atoms with Crippen LogP contribution in [-0.4, -0.2) is 20.9 Å². The van der Waals surface area contributed by atoms with Gasteiger partial charge in [0.1, 0.15) is 16.4 Å². The topological polar surface area (TPSA) is 67.8 Å². The number of rotatable bonds is 3. The highest BCUT2D eigenvalue weighted by atomic mass is 32.1. The molecule has 1 aromatic carbocycles. The zero-order valence-electron chi connectivity index (χ0n) is 11.0. The van der Waals surface area contributed by atoms with Crippen LogP contribution in [0.1, 0.15) is 10.5 Å². The van der Waals surface area contributed by atoms with E-state index in [9.17, 15) is 13.6 Å². The molecule has 2 heterocycles. The molecule has 1 N–H and O–H groups in total. The number of thiazole rings is 1. The van der Waals surface area contributed by atoms with Gasteiger partial charge in [-0.1, -0.05) is 0 Å². The molecule has 0 aliphatic rings. The number of aromatic nitrogens is 3. The highest BCUT2D eigenvalue weighted by Crippen LogP contribution is 2.21. The van der Waals surface area contributed by atoms with Gasteiger partial charge in [-0.05, 0) is 12.1 Å². The Balaban J connectivity index is 1.78.